The first-order chi connectivity index (χ1) is 8.52. The van der Waals surface area contributed by atoms with Crippen molar-refractivity contribution in [1.82, 2.24) is 0 Å². The molecular formula is C12H15N3O3. The monoisotopic (exact) mass is 249 g/mol. The minimum absolute atomic E-state index is 0.0108. The summed E-state index contributed by atoms with van der Waals surface area (Å²) in [7, 11) is 0. The number of hydrogen-bond donors (Lipinski definition) is 3. The predicted octanol–water partition coefficient (Wildman–Crippen LogP) is -0.554. The summed E-state index contributed by atoms with van der Waals surface area (Å²) in [5.41, 5.74) is 13.6. The highest BCUT2D eigenvalue weighted by Crippen LogP contribution is 2.29. The van der Waals surface area contributed by atoms with Crippen molar-refractivity contribution >= 4 is 17.6 Å². The van der Waals surface area contributed by atoms with E-state index in [1.807, 2.05) is 12.1 Å². The molecule has 96 valence electrons. The average molecular weight is 249 g/mol. The van der Waals surface area contributed by atoms with Gasteiger partial charge in [0.05, 0.1) is 13.0 Å². The molecule has 1 aromatic rings. The molecule has 0 saturated heterocycles. The number of rotatable bonds is 4. The van der Waals surface area contributed by atoms with E-state index >= 15 is 0 Å². The maximum absolute atomic E-state index is 11.8. The second-order valence-corrected chi connectivity index (χ2v) is 4.29. The van der Waals surface area contributed by atoms with Gasteiger partial charge in [-0.3, -0.25) is 9.59 Å². The molecule has 18 heavy (non-hydrogen) atoms. The van der Waals surface area contributed by atoms with E-state index in [4.69, 9.17) is 16.6 Å². The Morgan fingerprint density at radius 1 is 1.50 bits per heavy atom. The van der Waals surface area contributed by atoms with Gasteiger partial charge in [-0.15, -0.1) is 0 Å². The molecule has 0 aliphatic carbocycles. The smallest absolute Gasteiger partial charge is 0.322 e. The number of carboxylic acids is 1. The molecule has 0 fully saturated rings. The van der Waals surface area contributed by atoms with Crippen molar-refractivity contribution in [3.05, 3.63) is 29.3 Å². The highest BCUT2D eigenvalue weighted by atomic mass is 16.4. The third-order valence-corrected chi connectivity index (χ3v) is 3.01. The fourth-order valence-electron chi connectivity index (χ4n) is 2.04. The van der Waals surface area contributed by atoms with E-state index in [0.717, 1.165) is 16.8 Å². The zero-order valence-electron chi connectivity index (χ0n) is 9.80. The molecule has 6 nitrogen and oxygen atoms in total. The highest BCUT2D eigenvalue weighted by Gasteiger charge is 2.30. The Morgan fingerprint density at radius 3 is 2.83 bits per heavy atom. The summed E-state index contributed by atoms with van der Waals surface area (Å²) in [5, 5.41) is 8.78. The molecule has 0 saturated carbocycles. The molecule has 2 rings (SSSR count). The number of hydrogen-bond acceptors (Lipinski definition) is 4. The Hall–Kier alpha value is -1.92. The van der Waals surface area contributed by atoms with E-state index in [-0.39, 0.29) is 18.9 Å². The SMILES string of the molecule is NCc1ccc2c(c1)CC(=O)N2CC(N)C(=O)O. The normalized spacial score (nSPS) is 15.7. The third-order valence-electron chi connectivity index (χ3n) is 3.01. The van der Waals surface area contributed by atoms with Crippen LogP contribution in [-0.2, 0) is 22.6 Å². The van der Waals surface area contributed by atoms with Crippen LogP contribution in [-0.4, -0.2) is 29.6 Å². The maximum atomic E-state index is 11.8. The number of fused-ring (bicyclic) bond motifs is 1. The Kier molecular flexibility index (Phi) is 3.31. The Labute approximate surface area is 104 Å². The van der Waals surface area contributed by atoms with Gasteiger partial charge in [-0.05, 0) is 17.2 Å². The van der Waals surface area contributed by atoms with E-state index in [2.05, 4.69) is 0 Å². The zero-order valence-corrected chi connectivity index (χ0v) is 9.80. The van der Waals surface area contributed by atoms with Gasteiger partial charge in [-0.1, -0.05) is 12.1 Å². The standard InChI is InChI=1S/C12H15N3O3/c13-5-7-1-2-10-8(3-7)4-11(16)15(10)6-9(14)12(17)18/h1-3,9H,4-6,13-14H2,(H,17,18). The van der Waals surface area contributed by atoms with Crippen LogP contribution in [0.2, 0.25) is 0 Å². The molecule has 6 heteroatoms. The summed E-state index contributed by atoms with van der Waals surface area (Å²) in [6.45, 7) is 0.402. The van der Waals surface area contributed by atoms with Crippen molar-refractivity contribution in [1.29, 1.82) is 0 Å². The minimum atomic E-state index is -1.12. The van der Waals surface area contributed by atoms with Crippen molar-refractivity contribution in [2.45, 2.75) is 19.0 Å². The summed E-state index contributed by atoms with van der Waals surface area (Å²) in [6.07, 6.45) is 0.273. The Balaban J connectivity index is 2.25. The second kappa shape index (κ2) is 4.75. The van der Waals surface area contributed by atoms with Crippen LogP contribution < -0.4 is 16.4 Å². The molecule has 1 amide bonds. The third kappa shape index (κ3) is 2.20. The van der Waals surface area contributed by atoms with Gasteiger partial charge in [0.15, 0.2) is 0 Å². The van der Waals surface area contributed by atoms with Gasteiger partial charge in [-0.25, -0.2) is 0 Å². The quantitative estimate of drug-likeness (QED) is 0.663. The molecule has 1 aliphatic rings. The van der Waals surface area contributed by atoms with Gasteiger partial charge in [-0.2, -0.15) is 0 Å². The van der Waals surface area contributed by atoms with Crippen molar-refractivity contribution in [2.24, 2.45) is 11.5 Å². The summed E-state index contributed by atoms with van der Waals surface area (Å²) >= 11 is 0. The second-order valence-electron chi connectivity index (χ2n) is 4.29. The van der Waals surface area contributed by atoms with Gasteiger partial charge < -0.3 is 21.5 Å². The number of amides is 1. The van der Waals surface area contributed by atoms with Gasteiger partial charge in [0.25, 0.3) is 0 Å². The molecule has 1 unspecified atom stereocenters. The van der Waals surface area contributed by atoms with E-state index in [1.165, 1.54) is 4.90 Å². The van der Waals surface area contributed by atoms with Gasteiger partial charge in [0.1, 0.15) is 6.04 Å². The lowest BCUT2D eigenvalue weighted by atomic mass is 10.1. The fraction of sp³-hybridized carbons (Fsp3) is 0.333. The first-order valence-electron chi connectivity index (χ1n) is 5.63. The minimum Gasteiger partial charge on any atom is -0.480 e. The lowest BCUT2D eigenvalue weighted by Crippen LogP contribution is -2.44. The lowest BCUT2D eigenvalue weighted by Gasteiger charge is -2.19. The fourth-order valence-corrected chi connectivity index (χ4v) is 2.04. The molecule has 0 spiro atoms. The van der Waals surface area contributed by atoms with Crippen LogP contribution in [0.25, 0.3) is 0 Å². The van der Waals surface area contributed by atoms with Crippen LogP contribution in [0.1, 0.15) is 11.1 Å². The van der Waals surface area contributed by atoms with Crippen molar-refractivity contribution in [2.75, 3.05) is 11.4 Å². The van der Waals surface area contributed by atoms with E-state index in [0.29, 0.717) is 6.54 Å². The average Bonchev–Trinajstić information content (AvgIpc) is 2.64. The van der Waals surface area contributed by atoms with Crippen molar-refractivity contribution in [3.63, 3.8) is 0 Å². The number of carbonyl (C=O) groups is 2. The van der Waals surface area contributed by atoms with Gasteiger partial charge in [0.2, 0.25) is 5.91 Å². The number of anilines is 1. The van der Waals surface area contributed by atoms with Crippen molar-refractivity contribution in [3.8, 4) is 0 Å². The van der Waals surface area contributed by atoms with Crippen LogP contribution in [0, 0.1) is 0 Å². The number of nitrogens with zero attached hydrogens (tertiary/aromatic N) is 1. The van der Waals surface area contributed by atoms with Gasteiger partial charge in [0, 0.05) is 12.2 Å². The molecule has 0 aromatic heterocycles. The molecular weight excluding hydrogens is 234 g/mol. The zero-order chi connectivity index (χ0) is 13.3. The number of carboxylic acid groups (broad SMARTS) is 1. The van der Waals surface area contributed by atoms with Gasteiger partial charge >= 0.3 is 5.97 Å². The van der Waals surface area contributed by atoms with Crippen LogP contribution >= 0.6 is 0 Å². The molecule has 1 heterocycles. The number of carbonyl (C=O) groups excluding carboxylic acids is 1. The maximum Gasteiger partial charge on any atom is 0.322 e. The topological polar surface area (TPSA) is 110 Å². The summed E-state index contributed by atoms with van der Waals surface area (Å²) in [5.74, 6) is -1.24. The predicted molar refractivity (Wildman–Crippen MR) is 66.0 cm³/mol. The molecule has 0 radical (unpaired) electrons. The summed E-state index contributed by atoms with van der Waals surface area (Å²) in [6, 6.07) is 4.42. The number of aliphatic carboxylic acids is 1. The molecule has 1 aliphatic heterocycles. The van der Waals surface area contributed by atoms with E-state index in [9.17, 15) is 9.59 Å². The van der Waals surface area contributed by atoms with E-state index in [1.54, 1.807) is 6.07 Å². The first-order valence-corrected chi connectivity index (χ1v) is 5.63. The highest BCUT2D eigenvalue weighted by molar-refractivity contribution is 6.02. The first kappa shape index (κ1) is 12.5. The number of benzene rings is 1. The van der Waals surface area contributed by atoms with E-state index < -0.39 is 12.0 Å². The van der Waals surface area contributed by atoms with Crippen LogP contribution in [0.15, 0.2) is 18.2 Å². The molecule has 0 bridgehead atoms. The Bertz CT molecular complexity index is 501. The molecule has 1 aromatic carbocycles. The van der Waals surface area contributed by atoms with Crippen molar-refractivity contribution < 1.29 is 14.7 Å². The number of nitrogens with two attached hydrogens (primary N) is 2. The summed E-state index contributed by atoms with van der Waals surface area (Å²) in [4.78, 5) is 24.0. The van der Waals surface area contributed by atoms with Crippen LogP contribution in [0.4, 0.5) is 5.69 Å². The summed E-state index contributed by atoms with van der Waals surface area (Å²) < 4.78 is 0. The molecule has 1 atom stereocenters. The Morgan fingerprint density at radius 2 is 2.22 bits per heavy atom. The van der Waals surface area contributed by atoms with Crippen LogP contribution in [0.3, 0.4) is 0 Å². The molecule has 5 N–H and O–H groups in total. The largest absolute Gasteiger partial charge is 0.480 e. The van der Waals surface area contributed by atoms with Crippen LogP contribution in [0.5, 0.6) is 0 Å². The lowest BCUT2D eigenvalue weighted by molar-refractivity contribution is -0.138.